The number of hydrogen-bond acceptors (Lipinski definition) is 1. The Kier molecular flexibility index (Phi) is 6.16. The molecule has 0 saturated carbocycles. The van der Waals surface area contributed by atoms with Gasteiger partial charge in [0.05, 0.1) is 0 Å². The first-order valence-corrected chi connectivity index (χ1v) is 10.5. The summed E-state index contributed by atoms with van der Waals surface area (Å²) in [6, 6.07) is 17.3. The molecule has 0 radical (unpaired) electrons. The molecule has 0 aliphatic heterocycles. The normalized spacial score (nSPS) is 13.1. The lowest BCUT2D eigenvalue weighted by Gasteiger charge is -2.09. The molecule has 2 aromatic heterocycles. The average molecular weight is 384 g/mol. The Balaban J connectivity index is 1.39. The van der Waals surface area contributed by atoms with E-state index in [1.54, 1.807) is 0 Å². The van der Waals surface area contributed by atoms with Crippen LogP contribution in [-0.2, 0) is 6.54 Å². The van der Waals surface area contributed by atoms with E-state index in [1.165, 1.54) is 24.0 Å². The van der Waals surface area contributed by atoms with E-state index in [0.29, 0.717) is 5.92 Å². The van der Waals surface area contributed by atoms with E-state index in [0.717, 1.165) is 24.5 Å². The minimum Gasteiger partial charge on any atom is -0.384 e. The maximum absolute atomic E-state index is 3.50. The minimum absolute atomic E-state index is 0.496. The predicted molar refractivity (Wildman–Crippen MR) is 119 cm³/mol. The third-order valence-electron chi connectivity index (χ3n) is 5.36. The molecule has 1 N–H and O–H groups in total. The summed E-state index contributed by atoms with van der Waals surface area (Å²) in [6.45, 7) is 4.25. The highest BCUT2D eigenvalue weighted by Gasteiger charge is 2.09. The van der Waals surface area contributed by atoms with Crippen molar-refractivity contribution >= 4 is 5.69 Å². The third-order valence-corrected chi connectivity index (χ3v) is 5.36. The number of rotatable bonds is 8. The van der Waals surface area contributed by atoms with Gasteiger partial charge in [-0.1, -0.05) is 37.6 Å². The first-order valence-electron chi connectivity index (χ1n) is 10.5. The van der Waals surface area contributed by atoms with Crippen LogP contribution in [0, 0.1) is 5.92 Å². The van der Waals surface area contributed by atoms with Crippen LogP contribution in [0.3, 0.4) is 0 Å². The topological polar surface area (TPSA) is 19.8 Å². The third kappa shape index (κ3) is 5.00. The molecule has 3 nitrogen and oxygen atoms in total. The number of nitrogens with zero attached hydrogens (tertiary/aromatic N) is 2. The van der Waals surface area contributed by atoms with Gasteiger partial charge in [-0.15, -0.1) is 0 Å². The van der Waals surface area contributed by atoms with Crippen LogP contribution in [0.2, 0.25) is 0 Å². The van der Waals surface area contributed by atoms with E-state index in [1.807, 2.05) is 0 Å². The lowest BCUT2D eigenvalue weighted by molar-refractivity contribution is -0.697. The van der Waals surface area contributed by atoms with E-state index in [9.17, 15) is 0 Å². The van der Waals surface area contributed by atoms with E-state index in [4.69, 9.17) is 0 Å². The van der Waals surface area contributed by atoms with Crippen LogP contribution < -0.4 is 14.5 Å². The van der Waals surface area contributed by atoms with Gasteiger partial charge in [-0.25, -0.2) is 4.57 Å². The second-order valence-electron chi connectivity index (χ2n) is 7.53. The van der Waals surface area contributed by atoms with Gasteiger partial charge >= 0.3 is 0 Å². The zero-order valence-corrected chi connectivity index (χ0v) is 17.0. The van der Waals surface area contributed by atoms with E-state index >= 15 is 0 Å². The van der Waals surface area contributed by atoms with Gasteiger partial charge in [0, 0.05) is 61.0 Å². The van der Waals surface area contributed by atoms with E-state index < -0.39 is 0 Å². The molecule has 0 saturated heterocycles. The molecule has 4 rings (SSSR count). The fourth-order valence-corrected chi connectivity index (χ4v) is 3.53. The van der Waals surface area contributed by atoms with Crippen LogP contribution >= 0.6 is 0 Å². The number of pyridine rings is 2. The van der Waals surface area contributed by atoms with Gasteiger partial charge in [0.25, 0.3) is 0 Å². The lowest BCUT2D eigenvalue weighted by atomic mass is 10.1. The molecule has 0 spiro atoms. The molecule has 0 amide bonds. The van der Waals surface area contributed by atoms with Crippen LogP contribution in [0.4, 0.5) is 5.69 Å². The first kappa shape index (κ1) is 19.1. The van der Waals surface area contributed by atoms with Gasteiger partial charge in [0.15, 0.2) is 24.8 Å². The van der Waals surface area contributed by atoms with Crippen molar-refractivity contribution in [2.24, 2.45) is 5.92 Å². The standard InChI is InChI=1S/C26H28N3/c1-2-3-16-28-17-12-23(13-18-28)24-14-19-29(20-15-24)26-10-8-25(9-11-26)27-21-22-6-4-5-7-22/h4-15,17-20,22H,2-3,16,21H2,1H3/q+1/p+1. The highest BCUT2D eigenvalue weighted by atomic mass is 14.9. The Morgan fingerprint density at radius 2 is 1.41 bits per heavy atom. The van der Waals surface area contributed by atoms with Crippen molar-refractivity contribution in [2.45, 2.75) is 26.3 Å². The van der Waals surface area contributed by atoms with E-state index in [-0.39, 0.29) is 0 Å². The van der Waals surface area contributed by atoms with Crippen molar-refractivity contribution in [3.05, 3.63) is 97.6 Å². The smallest absolute Gasteiger partial charge is 0.210 e. The second-order valence-corrected chi connectivity index (χ2v) is 7.53. The highest BCUT2D eigenvalue weighted by molar-refractivity contribution is 5.61. The number of anilines is 1. The molecule has 29 heavy (non-hydrogen) atoms. The summed E-state index contributed by atoms with van der Waals surface area (Å²) in [6.07, 6.45) is 19.7. The summed E-state index contributed by atoms with van der Waals surface area (Å²) >= 11 is 0. The number of nitrogens with one attached hydrogen (secondary N) is 1. The number of allylic oxidation sites excluding steroid dienone is 2. The molecule has 146 valence electrons. The van der Waals surface area contributed by atoms with Gasteiger partial charge in [-0.3, -0.25) is 0 Å². The summed E-state index contributed by atoms with van der Waals surface area (Å²) in [5.41, 5.74) is 4.80. The molecule has 1 aliphatic rings. The van der Waals surface area contributed by atoms with E-state index in [2.05, 4.69) is 119 Å². The molecule has 0 fully saturated rings. The highest BCUT2D eigenvalue weighted by Crippen LogP contribution is 2.17. The average Bonchev–Trinajstić information content (AvgIpc) is 3.31. The SMILES string of the molecule is CCCC[n+]1ccc(-c2cc[n+](-c3ccc(NCC4C=CC=C4)cc3)cc2)cc1. The fraction of sp³-hybridized carbons (Fsp3) is 0.231. The molecular weight excluding hydrogens is 354 g/mol. The largest absolute Gasteiger partial charge is 0.384 e. The second kappa shape index (κ2) is 9.33. The molecule has 1 aromatic carbocycles. The Morgan fingerprint density at radius 3 is 2.03 bits per heavy atom. The first-order chi connectivity index (χ1) is 14.3. The van der Waals surface area contributed by atoms with Crippen LogP contribution in [0.15, 0.2) is 97.6 Å². The molecule has 3 aromatic rings. The number of benzene rings is 1. The Hall–Kier alpha value is -3.20. The number of hydrogen-bond donors (Lipinski definition) is 1. The molecule has 0 bridgehead atoms. The molecule has 0 atom stereocenters. The zero-order valence-electron chi connectivity index (χ0n) is 17.0. The van der Waals surface area contributed by atoms with Gasteiger partial charge in [0.1, 0.15) is 6.54 Å². The maximum atomic E-state index is 3.50. The molecular formula is C26H29N3+2. The van der Waals surface area contributed by atoms with Crippen LogP contribution in [-0.4, -0.2) is 6.54 Å². The molecule has 1 aliphatic carbocycles. The monoisotopic (exact) mass is 383 g/mol. The molecule has 0 unspecified atom stereocenters. The van der Waals surface area contributed by atoms with Crippen molar-refractivity contribution in [3.63, 3.8) is 0 Å². The van der Waals surface area contributed by atoms with Crippen molar-refractivity contribution in [3.8, 4) is 16.8 Å². The zero-order chi connectivity index (χ0) is 19.9. The van der Waals surface area contributed by atoms with Gasteiger partial charge in [0.2, 0.25) is 5.69 Å². The summed E-state index contributed by atoms with van der Waals surface area (Å²) in [5.74, 6) is 0.496. The molecule has 3 heteroatoms. The number of unbranched alkanes of at least 4 members (excludes halogenated alkanes) is 1. The fourth-order valence-electron chi connectivity index (χ4n) is 3.53. The summed E-state index contributed by atoms with van der Waals surface area (Å²) in [4.78, 5) is 0. The summed E-state index contributed by atoms with van der Waals surface area (Å²) < 4.78 is 4.41. The summed E-state index contributed by atoms with van der Waals surface area (Å²) in [5, 5.41) is 3.50. The Bertz CT molecular complexity index is 956. The van der Waals surface area contributed by atoms with Crippen molar-refractivity contribution in [1.82, 2.24) is 0 Å². The molecule has 2 heterocycles. The Morgan fingerprint density at radius 1 is 0.793 bits per heavy atom. The lowest BCUT2D eigenvalue weighted by Crippen LogP contribution is -2.32. The summed E-state index contributed by atoms with van der Waals surface area (Å²) in [7, 11) is 0. The van der Waals surface area contributed by atoms with Gasteiger partial charge in [-0.05, 0) is 23.3 Å². The van der Waals surface area contributed by atoms with Crippen molar-refractivity contribution in [1.29, 1.82) is 0 Å². The van der Waals surface area contributed by atoms with Crippen LogP contribution in [0.25, 0.3) is 16.8 Å². The number of aromatic nitrogens is 2. The minimum atomic E-state index is 0.496. The predicted octanol–water partition coefficient (Wildman–Crippen LogP) is 4.87. The quantitative estimate of drug-likeness (QED) is 0.550. The maximum Gasteiger partial charge on any atom is 0.210 e. The van der Waals surface area contributed by atoms with Crippen molar-refractivity contribution in [2.75, 3.05) is 11.9 Å². The van der Waals surface area contributed by atoms with Gasteiger partial charge in [-0.2, -0.15) is 4.57 Å². The van der Waals surface area contributed by atoms with Crippen LogP contribution in [0.5, 0.6) is 0 Å². The Labute approximate surface area is 173 Å². The number of aryl methyl sites for hydroxylation is 1. The van der Waals surface area contributed by atoms with Gasteiger partial charge < -0.3 is 5.32 Å². The van der Waals surface area contributed by atoms with Crippen LogP contribution in [0.1, 0.15) is 19.8 Å². The van der Waals surface area contributed by atoms with Crippen molar-refractivity contribution < 1.29 is 9.13 Å².